The zero-order chi connectivity index (χ0) is 15.0. The summed E-state index contributed by atoms with van der Waals surface area (Å²) in [5, 5.41) is 4.00. The minimum atomic E-state index is 0.0152. The van der Waals surface area contributed by atoms with Gasteiger partial charge in [0.25, 0.3) is 0 Å². The summed E-state index contributed by atoms with van der Waals surface area (Å²) in [6.45, 7) is 2.82. The molecular weight excluding hydrogens is 307 g/mol. The van der Waals surface area contributed by atoms with Crippen molar-refractivity contribution in [2.75, 3.05) is 16.8 Å². The molecule has 0 fully saturated rings. The molecule has 0 aromatic heterocycles. The first-order valence-corrected chi connectivity index (χ1v) is 7.39. The van der Waals surface area contributed by atoms with Crippen LogP contribution in [-0.4, -0.2) is 12.5 Å². The van der Waals surface area contributed by atoms with Crippen molar-refractivity contribution in [1.82, 2.24) is 0 Å². The van der Waals surface area contributed by atoms with Crippen molar-refractivity contribution in [1.29, 1.82) is 0 Å². The monoisotopic (exact) mass is 320 g/mol. The van der Waals surface area contributed by atoms with Gasteiger partial charge in [-0.1, -0.05) is 53.0 Å². The third kappa shape index (κ3) is 2.85. The Balaban J connectivity index is 1.97. The summed E-state index contributed by atoms with van der Waals surface area (Å²) in [4.78, 5) is 13.9. The van der Waals surface area contributed by atoms with Crippen LogP contribution in [0.3, 0.4) is 0 Å². The van der Waals surface area contributed by atoms with Crippen LogP contribution in [0.2, 0.25) is 10.0 Å². The molecule has 108 valence electrons. The van der Waals surface area contributed by atoms with Crippen molar-refractivity contribution in [3.05, 3.63) is 57.6 Å². The predicted octanol–water partition coefficient (Wildman–Crippen LogP) is 4.26. The van der Waals surface area contributed by atoms with Gasteiger partial charge in [0, 0.05) is 0 Å². The Kier molecular flexibility index (Phi) is 3.79. The minimum Gasteiger partial charge on any atom is -0.374 e. The smallest absolute Gasteiger partial charge is 0.246 e. The zero-order valence-corrected chi connectivity index (χ0v) is 13.0. The second-order valence-corrected chi connectivity index (χ2v) is 5.92. The van der Waals surface area contributed by atoms with Crippen molar-refractivity contribution >= 4 is 40.5 Å². The molecule has 1 heterocycles. The fraction of sp³-hybridized carbons (Fsp3) is 0.188. The Hall–Kier alpha value is -1.71. The van der Waals surface area contributed by atoms with E-state index < -0.39 is 0 Å². The molecule has 2 aromatic carbocycles. The van der Waals surface area contributed by atoms with E-state index in [4.69, 9.17) is 23.2 Å². The average Bonchev–Trinajstić information content (AvgIpc) is 2.46. The number of fused-ring (bicyclic) bond motifs is 1. The number of nitrogens with one attached hydrogen (secondary N) is 1. The number of benzene rings is 2. The van der Waals surface area contributed by atoms with Crippen LogP contribution in [0.1, 0.15) is 11.1 Å². The predicted molar refractivity (Wildman–Crippen MR) is 87.3 cm³/mol. The molecule has 0 unspecified atom stereocenters. The van der Waals surface area contributed by atoms with E-state index in [-0.39, 0.29) is 12.5 Å². The van der Waals surface area contributed by atoms with E-state index in [1.807, 2.05) is 31.2 Å². The van der Waals surface area contributed by atoms with Crippen LogP contribution in [0, 0.1) is 6.92 Å². The summed E-state index contributed by atoms with van der Waals surface area (Å²) >= 11 is 12.1. The summed E-state index contributed by atoms with van der Waals surface area (Å²) in [6.07, 6.45) is 0. The normalized spacial score (nSPS) is 13.9. The number of hydrogen-bond acceptors (Lipinski definition) is 2. The van der Waals surface area contributed by atoms with Gasteiger partial charge in [-0.3, -0.25) is 4.79 Å². The second kappa shape index (κ2) is 5.58. The number of rotatable bonds is 2. The van der Waals surface area contributed by atoms with Gasteiger partial charge >= 0.3 is 0 Å². The molecule has 5 heteroatoms. The van der Waals surface area contributed by atoms with Crippen LogP contribution >= 0.6 is 23.2 Å². The summed E-state index contributed by atoms with van der Waals surface area (Å²) < 4.78 is 0. The van der Waals surface area contributed by atoms with E-state index in [1.54, 1.807) is 17.0 Å². The Morgan fingerprint density at radius 3 is 2.52 bits per heavy atom. The quantitative estimate of drug-likeness (QED) is 0.896. The van der Waals surface area contributed by atoms with E-state index in [9.17, 15) is 4.79 Å². The maximum absolute atomic E-state index is 12.2. The average molecular weight is 321 g/mol. The molecule has 2 aromatic rings. The van der Waals surface area contributed by atoms with Crippen molar-refractivity contribution in [2.24, 2.45) is 0 Å². The van der Waals surface area contributed by atoms with Crippen LogP contribution < -0.4 is 10.2 Å². The summed E-state index contributed by atoms with van der Waals surface area (Å²) in [5.41, 5.74) is 3.87. The maximum Gasteiger partial charge on any atom is 0.246 e. The molecule has 3 nitrogen and oxygen atoms in total. The lowest BCUT2D eigenvalue weighted by Crippen LogP contribution is -2.39. The molecular formula is C16H14Cl2N2O. The molecule has 3 rings (SSSR count). The number of aryl methyl sites for hydroxylation is 1. The molecule has 0 bridgehead atoms. The highest BCUT2D eigenvalue weighted by Crippen LogP contribution is 2.37. The second-order valence-electron chi connectivity index (χ2n) is 5.10. The lowest BCUT2D eigenvalue weighted by atomic mass is 10.1. The molecule has 0 aliphatic carbocycles. The topological polar surface area (TPSA) is 32.3 Å². The molecule has 0 saturated carbocycles. The molecule has 0 saturated heterocycles. The lowest BCUT2D eigenvalue weighted by molar-refractivity contribution is -0.117. The highest BCUT2D eigenvalue weighted by molar-refractivity contribution is 6.42. The first-order chi connectivity index (χ1) is 10.0. The Morgan fingerprint density at radius 2 is 1.81 bits per heavy atom. The Bertz CT molecular complexity index is 698. The minimum absolute atomic E-state index is 0.0152. The summed E-state index contributed by atoms with van der Waals surface area (Å²) in [6, 6.07) is 11.6. The van der Waals surface area contributed by atoms with Crippen LogP contribution in [0.5, 0.6) is 0 Å². The highest BCUT2D eigenvalue weighted by Gasteiger charge is 2.25. The third-order valence-corrected chi connectivity index (χ3v) is 4.24. The molecule has 21 heavy (non-hydrogen) atoms. The van der Waals surface area contributed by atoms with Gasteiger partial charge in [0.2, 0.25) is 5.91 Å². The van der Waals surface area contributed by atoms with Gasteiger partial charge in [0.05, 0.1) is 34.5 Å². The fourth-order valence-electron chi connectivity index (χ4n) is 2.35. The number of nitrogens with zero attached hydrogens (tertiary/aromatic N) is 1. The largest absolute Gasteiger partial charge is 0.374 e. The number of halogens is 2. The zero-order valence-electron chi connectivity index (χ0n) is 11.5. The van der Waals surface area contributed by atoms with E-state index in [1.165, 1.54) is 5.56 Å². The van der Waals surface area contributed by atoms with Crippen LogP contribution in [0.15, 0.2) is 36.4 Å². The van der Waals surface area contributed by atoms with Gasteiger partial charge in [-0.05, 0) is 24.6 Å². The fourth-order valence-corrected chi connectivity index (χ4v) is 2.67. The number of amides is 1. The van der Waals surface area contributed by atoms with Crippen LogP contribution in [-0.2, 0) is 11.3 Å². The van der Waals surface area contributed by atoms with Gasteiger partial charge in [-0.15, -0.1) is 0 Å². The molecule has 0 atom stereocenters. The van der Waals surface area contributed by atoms with Crippen LogP contribution in [0.25, 0.3) is 0 Å². The lowest BCUT2D eigenvalue weighted by Gasteiger charge is -2.30. The first kappa shape index (κ1) is 14.2. The van der Waals surface area contributed by atoms with Crippen molar-refractivity contribution < 1.29 is 4.79 Å². The SMILES string of the molecule is Cc1ccc(CN2C(=O)CNc3cc(Cl)c(Cl)cc32)cc1. The number of anilines is 2. The maximum atomic E-state index is 12.2. The number of carbonyl (C=O) groups excluding carboxylic acids is 1. The van der Waals surface area contributed by atoms with Crippen molar-refractivity contribution in [2.45, 2.75) is 13.5 Å². The molecule has 1 aliphatic heterocycles. The van der Waals surface area contributed by atoms with Crippen molar-refractivity contribution in [3.63, 3.8) is 0 Å². The molecule has 1 amide bonds. The summed E-state index contributed by atoms with van der Waals surface area (Å²) in [7, 11) is 0. The van der Waals surface area contributed by atoms with E-state index in [2.05, 4.69) is 5.32 Å². The van der Waals surface area contributed by atoms with E-state index in [0.29, 0.717) is 16.6 Å². The van der Waals surface area contributed by atoms with Crippen molar-refractivity contribution in [3.8, 4) is 0 Å². The van der Waals surface area contributed by atoms with Gasteiger partial charge in [0.15, 0.2) is 0 Å². The Morgan fingerprint density at radius 1 is 1.14 bits per heavy atom. The van der Waals surface area contributed by atoms with Gasteiger partial charge < -0.3 is 10.2 Å². The molecule has 0 radical (unpaired) electrons. The standard InChI is InChI=1S/C16H14Cl2N2O/c1-10-2-4-11(5-3-10)9-20-15-7-13(18)12(17)6-14(15)19-8-16(20)21/h2-7,19H,8-9H2,1H3. The highest BCUT2D eigenvalue weighted by atomic mass is 35.5. The third-order valence-electron chi connectivity index (χ3n) is 3.52. The van der Waals surface area contributed by atoms with Crippen LogP contribution in [0.4, 0.5) is 11.4 Å². The van der Waals surface area contributed by atoms with Gasteiger partial charge in [-0.2, -0.15) is 0 Å². The molecule has 1 N–H and O–H groups in total. The molecule has 1 aliphatic rings. The van der Waals surface area contributed by atoms with E-state index in [0.717, 1.165) is 16.9 Å². The van der Waals surface area contributed by atoms with Gasteiger partial charge in [-0.25, -0.2) is 0 Å². The van der Waals surface area contributed by atoms with Gasteiger partial charge in [0.1, 0.15) is 0 Å². The summed E-state index contributed by atoms with van der Waals surface area (Å²) in [5.74, 6) is 0.0152. The number of hydrogen-bond donors (Lipinski definition) is 1. The first-order valence-electron chi connectivity index (χ1n) is 6.63. The number of carbonyl (C=O) groups is 1. The Labute approximate surface area is 133 Å². The van der Waals surface area contributed by atoms with E-state index >= 15 is 0 Å². The molecule has 0 spiro atoms.